The molecule has 1 aliphatic rings. The fraction of sp³-hybridized carbons (Fsp3) is 0.500. The van der Waals surface area contributed by atoms with Crippen LogP contribution in [0.5, 0.6) is 5.75 Å². The molecule has 0 saturated carbocycles. The van der Waals surface area contributed by atoms with Gasteiger partial charge in [-0.25, -0.2) is 0 Å². The Labute approximate surface area is 108 Å². The number of benzene rings is 1. The molecule has 0 bridgehead atoms. The molecule has 0 aromatic heterocycles. The molecule has 1 amide bonds. The number of aryl methyl sites for hydroxylation is 1. The van der Waals surface area contributed by atoms with Gasteiger partial charge >= 0.3 is 0 Å². The van der Waals surface area contributed by atoms with E-state index < -0.39 is 0 Å². The SMILES string of the molecule is COc1cc(C)ccc1NC(=O)C1NCCC1C. The molecule has 18 heavy (non-hydrogen) atoms. The van der Waals surface area contributed by atoms with Crippen molar-refractivity contribution in [2.75, 3.05) is 19.0 Å². The lowest BCUT2D eigenvalue weighted by Crippen LogP contribution is -2.39. The quantitative estimate of drug-likeness (QED) is 0.859. The van der Waals surface area contributed by atoms with E-state index in [-0.39, 0.29) is 11.9 Å². The number of nitrogens with one attached hydrogen (secondary N) is 2. The van der Waals surface area contributed by atoms with Gasteiger partial charge in [0.15, 0.2) is 0 Å². The minimum Gasteiger partial charge on any atom is -0.495 e. The van der Waals surface area contributed by atoms with Crippen LogP contribution in [0, 0.1) is 12.8 Å². The lowest BCUT2D eigenvalue weighted by atomic mass is 10.0. The summed E-state index contributed by atoms with van der Waals surface area (Å²) in [6.45, 7) is 5.00. The van der Waals surface area contributed by atoms with E-state index in [1.54, 1.807) is 7.11 Å². The minimum atomic E-state index is -0.101. The Balaban J connectivity index is 2.11. The largest absolute Gasteiger partial charge is 0.495 e. The van der Waals surface area contributed by atoms with Gasteiger partial charge in [0.05, 0.1) is 18.8 Å². The molecule has 4 nitrogen and oxygen atoms in total. The lowest BCUT2D eigenvalue weighted by molar-refractivity contribution is -0.118. The van der Waals surface area contributed by atoms with E-state index >= 15 is 0 Å². The molecule has 1 aromatic carbocycles. The summed E-state index contributed by atoms with van der Waals surface area (Å²) >= 11 is 0. The van der Waals surface area contributed by atoms with Gasteiger partial charge < -0.3 is 15.4 Å². The maximum Gasteiger partial charge on any atom is 0.241 e. The summed E-state index contributed by atoms with van der Waals surface area (Å²) in [5.74, 6) is 1.09. The van der Waals surface area contributed by atoms with Crippen LogP contribution in [0.3, 0.4) is 0 Å². The van der Waals surface area contributed by atoms with Gasteiger partial charge in [-0.2, -0.15) is 0 Å². The molecular formula is C14H20N2O2. The van der Waals surface area contributed by atoms with E-state index in [1.807, 2.05) is 25.1 Å². The molecule has 98 valence electrons. The number of ether oxygens (including phenoxy) is 1. The third-order valence-corrected chi connectivity index (χ3v) is 3.43. The number of anilines is 1. The van der Waals surface area contributed by atoms with Gasteiger partial charge in [-0.15, -0.1) is 0 Å². The van der Waals surface area contributed by atoms with Gasteiger partial charge in [0.2, 0.25) is 5.91 Å². The van der Waals surface area contributed by atoms with Gasteiger partial charge in [0.1, 0.15) is 5.75 Å². The summed E-state index contributed by atoms with van der Waals surface area (Å²) in [4.78, 5) is 12.1. The predicted octanol–water partition coefficient (Wildman–Crippen LogP) is 1.94. The first kappa shape index (κ1) is 12.9. The molecule has 1 saturated heterocycles. The zero-order chi connectivity index (χ0) is 13.1. The van der Waals surface area contributed by atoms with E-state index in [0.717, 1.165) is 24.2 Å². The van der Waals surface area contributed by atoms with E-state index in [0.29, 0.717) is 11.7 Å². The number of carbonyl (C=O) groups excluding carboxylic acids is 1. The van der Waals surface area contributed by atoms with Crippen molar-refractivity contribution >= 4 is 11.6 Å². The number of hydrogen-bond acceptors (Lipinski definition) is 3. The van der Waals surface area contributed by atoms with Gasteiger partial charge in [-0.3, -0.25) is 4.79 Å². The van der Waals surface area contributed by atoms with Crippen LogP contribution in [0.25, 0.3) is 0 Å². The Kier molecular flexibility index (Phi) is 3.87. The van der Waals surface area contributed by atoms with Gasteiger partial charge in [-0.05, 0) is 43.5 Å². The summed E-state index contributed by atoms with van der Waals surface area (Å²) in [6, 6.07) is 5.66. The topological polar surface area (TPSA) is 50.4 Å². The van der Waals surface area contributed by atoms with Crippen LogP contribution in [0.4, 0.5) is 5.69 Å². The molecule has 4 heteroatoms. The number of rotatable bonds is 3. The standard InChI is InChI=1S/C14H20N2O2/c1-9-4-5-11(12(8-9)18-3)16-14(17)13-10(2)6-7-15-13/h4-5,8,10,13,15H,6-7H2,1-3H3,(H,16,17). The fourth-order valence-electron chi connectivity index (χ4n) is 2.30. The van der Waals surface area contributed by atoms with Gasteiger partial charge in [0, 0.05) is 0 Å². The monoisotopic (exact) mass is 248 g/mol. The second kappa shape index (κ2) is 5.40. The van der Waals surface area contributed by atoms with Crippen LogP contribution >= 0.6 is 0 Å². The Bertz CT molecular complexity index is 445. The smallest absolute Gasteiger partial charge is 0.241 e. The lowest BCUT2D eigenvalue weighted by Gasteiger charge is -2.17. The molecule has 0 radical (unpaired) electrons. The predicted molar refractivity (Wildman–Crippen MR) is 71.9 cm³/mol. The maximum absolute atomic E-state index is 12.1. The first-order chi connectivity index (χ1) is 8.61. The van der Waals surface area contributed by atoms with Crippen molar-refractivity contribution in [2.24, 2.45) is 5.92 Å². The Hall–Kier alpha value is -1.55. The summed E-state index contributed by atoms with van der Waals surface area (Å²) < 4.78 is 5.28. The molecule has 2 rings (SSSR count). The van der Waals surface area contributed by atoms with Crippen molar-refractivity contribution in [3.05, 3.63) is 23.8 Å². The second-order valence-corrected chi connectivity index (χ2v) is 4.89. The molecule has 2 atom stereocenters. The molecule has 1 fully saturated rings. The van der Waals surface area contributed by atoms with Crippen molar-refractivity contribution in [1.29, 1.82) is 0 Å². The van der Waals surface area contributed by atoms with Crippen molar-refractivity contribution in [3.8, 4) is 5.75 Å². The van der Waals surface area contributed by atoms with E-state index in [1.165, 1.54) is 0 Å². The highest BCUT2D eigenvalue weighted by atomic mass is 16.5. The highest BCUT2D eigenvalue weighted by molar-refractivity contribution is 5.96. The number of methoxy groups -OCH3 is 1. The van der Waals surface area contributed by atoms with Crippen LogP contribution in [0.15, 0.2) is 18.2 Å². The molecule has 0 spiro atoms. The highest BCUT2D eigenvalue weighted by Crippen LogP contribution is 2.26. The molecule has 2 unspecified atom stereocenters. The average molecular weight is 248 g/mol. The Morgan fingerprint density at radius 2 is 2.28 bits per heavy atom. The normalized spacial score (nSPS) is 22.8. The van der Waals surface area contributed by atoms with Crippen molar-refractivity contribution in [1.82, 2.24) is 5.32 Å². The van der Waals surface area contributed by atoms with Crippen LogP contribution in [0.1, 0.15) is 18.9 Å². The number of amides is 1. The number of hydrogen-bond donors (Lipinski definition) is 2. The minimum absolute atomic E-state index is 0.0159. The molecule has 1 aromatic rings. The van der Waals surface area contributed by atoms with Gasteiger partial charge in [-0.1, -0.05) is 13.0 Å². The summed E-state index contributed by atoms with van der Waals surface area (Å²) in [5, 5.41) is 6.16. The van der Waals surface area contributed by atoms with E-state index in [4.69, 9.17) is 4.74 Å². The van der Waals surface area contributed by atoms with Crippen molar-refractivity contribution in [2.45, 2.75) is 26.3 Å². The molecule has 0 aliphatic carbocycles. The first-order valence-corrected chi connectivity index (χ1v) is 6.30. The zero-order valence-electron chi connectivity index (χ0n) is 11.1. The molecule has 1 aliphatic heterocycles. The zero-order valence-corrected chi connectivity index (χ0v) is 11.1. The number of carbonyl (C=O) groups is 1. The summed E-state index contributed by atoms with van der Waals surface area (Å²) in [7, 11) is 1.61. The van der Waals surface area contributed by atoms with Crippen LogP contribution in [-0.2, 0) is 4.79 Å². The van der Waals surface area contributed by atoms with Crippen LogP contribution < -0.4 is 15.4 Å². The third kappa shape index (κ3) is 2.64. The molecule has 1 heterocycles. The van der Waals surface area contributed by atoms with Gasteiger partial charge in [0.25, 0.3) is 0 Å². The maximum atomic E-state index is 12.1. The second-order valence-electron chi connectivity index (χ2n) is 4.89. The average Bonchev–Trinajstić information content (AvgIpc) is 2.77. The Morgan fingerprint density at radius 1 is 1.50 bits per heavy atom. The third-order valence-electron chi connectivity index (χ3n) is 3.43. The summed E-state index contributed by atoms with van der Waals surface area (Å²) in [6.07, 6.45) is 1.04. The van der Waals surface area contributed by atoms with Crippen LogP contribution in [-0.4, -0.2) is 25.6 Å². The van der Waals surface area contributed by atoms with E-state index in [2.05, 4.69) is 17.6 Å². The summed E-state index contributed by atoms with van der Waals surface area (Å²) in [5.41, 5.74) is 1.84. The first-order valence-electron chi connectivity index (χ1n) is 6.30. The fourth-order valence-corrected chi connectivity index (χ4v) is 2.30. The molecule has 2 N–H and O–H groups in total. The van der Waals surface area contributed by atoms with Crippen molar-refractivity contribution < 1.29 is 9.53 Å². The van der Waals surface area contributed by atoms with Crippen molar-refractivity contribution in [3.63, 3.8) is 0 Å². The Morgan fingerprint density at radius 3 is 2.89 bits per heavy atom. The van der Waals surface area contributed by atoms with E-state index in [9.17, 15) is 4.79 Å². The molecular weight excluding hydrogens is 228 g/mol. The van der Waals surface area contributed by atoms with Crippen LogP contribution in [0.2, 0.25) is 0 Å². The highest BCUT2D eigenvalue weighted by Gasteiger charge is 2.29.